The number of hydrogen-bond donors (Lipinski definition) is 1. The molecule has 0 amide bonds. The number of anilines is 4. The molecule has 1 aromatic heterocycles. The molecule has 1 aliphatic rings. The van der Waals surface area contributed by atoms with Crippen LogP contribution in [0.25, 0.3) is 0 Å². The molecule has 1 N–H and O–H groups in total. The first-order valence-corrected chi connectivity index (χ1v) is 11.0. The van der Waals surface area contributed by atoms with Crippen molar-refractivity contribution in [1.29, 1.82) is 0 Å². The van der Waals surface area contributed by atoms with Crippen LogP contribution in [0.5, 0.6) is 0 Å². The summed E-state index contributed by atoms with van der Waals surface area (Å²) >= 11 is 0. The Labute approximate surface area is 160 Å². The zero-order valence-corrected chi connectivity index (χ0v) is 16.8. The molecule has 0 radical (unpaired) electrons. The molecular formula is C18H26N6O2S. The molecule has 3 rings (SSSR count). The first-order valence-electron chi connectivity index (χ1n) is 9.17. The highest BCUT2D eigenvalue weighted by molar-refractivity contribution is 7.91. The minimum absolute atomic E-state index is 0.111. The summed E-state index contributed by atoms with van der Waals surface area (Å²) in [5, 5.41) is 11.3. The number of rotatable bonds is 7. The van der Waals surface area contributed by atoms with E-state index >= 15 is 0 Å². The van der Waals surface area contributed by atoms with Gasteiger partial charge < -0.3 is 15.1 Å². The molecular weight excluding hydrogens is 364 g/mol. The molecule has 1 unspecified atom stereocenters. The van der Waals surface area contributed by atoms with Gasteiger partial charge in [-0.15, -0.1) is 5.10 Å². The van der Waals surface area contributed by atoms with E-state index in [1.807, 2.05) is 19.2 Å². The summed E-state index contributed by atoms with van der Waals surface area (Å²) < 4.78 is 23.4. The fourth-order valence-corrected chi connectivity index (χ4v) is 5.01. The Bertz CT molecular complexity index is 868. The third-order valence-electron chi connectivity index (χ3n) is 4.89. The lowest BCUT2D eigenvalue weighted by Gasteiger charge is -2.23. The van der Waals surface area contributed by atoms with Gasteiger partial charge in [-0.1, -0.05) is 0 Å². The van der Waals surface area contributed by atoms with Gasteiger partial charge in [-0.25, -0.2) is 8.42 Å². The lowest BCUT2D eigenvalue weighted by atomic mass is 10.2. The molecule has 0 aliphatic carbocycles. The Hall–Kier alpha value is -2.42. The molecule has 27 heavy (non-hydrogen) atoms. The van der Waals surface area contributed by atoms with Crippen LogP contribution in [-0.2, 0) is 9.84 Å². The molecule has 0 spiro atoms. The number of aromatic nitrogens is 3. The van der Waals surface area contributed by atoms with Crippen molar-refractivity contribution in [3.8, 4) is 0 Å². The summed E-state index contributed by atoms with van der Waals surface area (Å²) in [6.07, 6.45) is 2.15. The third kappa shape index (κ3) is 4.65. The van der Waals surface area contributed by atoms with Crippen molar-refractivity contribution in [2.24, 2.45) is 0 Å². The fraction of sp³-hybridized carbons (Fsp3) is 0.500. The van der Waals surface area contributed by atoms with Crippen LogP contribution < -0.4 is 15.1 Å². The van der Waals surface area contributed by atoms with E-state index in [9.17, 15) is 8.42 Å². The van der Waals surface area contributed by atoms with E-state index in [0.717, 1.165) is 18.8 Å². The van der Waals surface area contributed by atoms with Gasteiger partial charge in [-0.3, -0.25) is 0 Å². The van der Waals surface area contributed by atoms with Gasteiger partial charge in [-0.2, -0.15) is 10.1 Å². The normalized spacial score (nSPS) is 18.3. The van der Waals surface area contributed by atoms with Gasteiger partial charge >= 0.3 is 0 Å². The predicted octanol–water partition coefficient (Wildman–Crippen LogP) is 2.08. The molecule has 1 atom stereocenters. The molecule has 1 saturated heterocycles. The summed E-state index contributed by atoms with van der Waals surface area (Å²) in [5.41, 5.74) is 2.08. The Kier molecular flexibility index (Phi) is 5.79. The van der Waals surface area contributed by atoms with Crippen molar-refractivity contribution in [2.45, 2.75) is 26.3 Å². The van der Waals surface area contributed by atoms with Crippen LogP contribution in [0.1, 0.15) is 20.3 Å². The SMILES string of the molecule is CCN(CC)c1ccc(Nc2cnnc(N(C)C3CCS(=O)(=O)C3)n2)cc1. The van der Waals surface area contributed by atoms with E-state index in [1.165, 1.54) is 5.69 Å². The van der Waals surface area contributed by atoms with Crippen molar-refractivity contribution >= 4 is 33.0 Å². The lowest BCUT2D eigenvalue weighted by Crippen LogP contribution is -2.34. The van der Waals surface area contributed by atoms with Gasteiger partial charge in [0.1, 0.15) is 0 Å². The van der Waals surface area contributed by atoms with E-state index in [1.54, 1.807) is 11.1 Å². The van der Waals surface area contributed by atoms with Crippen LogP contribution >= 0.6 is 0 Å². The number of benzene rings is 1. The molecule has 1 aliphatic heterocycles. The Morgan fingerprint density at radius 1 is 1.19 bits per heavy atom. The number of nitrogens with one attached hydrogen (secondary N) is 1. The number of nitrogens with zero attached hydrogens (tertiary/aromatic N) is 5. The molecule has 0 bridgehead atoms. The minimum Gasteiger partial charge on any atom is -0.372 e. The van der Waals surface area contributed by atoms with Crippen LogP contribution in [-0.4, -0.2) is 61.3 Å². The summed E-state index contributed by atoms with van der Waals surface area (Å²) in [7, 11) is -1.15. The monoisotopic (exact) mass is 390 g/mol. The van der Waals surface area contributed by atoms with Crippen molar-refractivity contribution in [3.63, 3.8) is 0 Å². The third-order valence-corrected chi connectivity index (χ3v) is 6.64. The summed E-state index contributed by atoms with van der Waals surface area (Å²) in [6.45, 7) is 6.20. The minimum atomic E-state index is -2.96. The Morgan fingerprint density at radius 3 is 2.48 bits per heavy atom. The maximum atomic E-state index is 11.7. The highest BCUT2D eigenvalue weighted by atomic mass is 32.2. The maximum absolute atomic E-state index is 11.7. The number of sulfone groups is 1. The molecule has 1 aromatic carbocycles. The largest absolute Gasteiger partial charge is 0.372 e. The van der Waals surface area contributed by atoms with Crippen molar-refractivity contribution in [1.82, 2.24) is 15.2 Å². The van der Waals surface area contributed by atoms with Gasteiger partial charge in [0.25, 0.3) is 0 Å². The topological polar surface area (TPSA) is 91.3 Å². The lowest BCUT2D eigenvalue weighted by molar-refractivity contribution is 0.600. The van der Waals surface area contributed by atoms with Crippen LogP contribution in [0.15, 0.2) is 30.5 Å². The van der Waals surface area contributed by atoms with Gasteiger partial charge in [0.2, 0.25) is 5.95 Å². The predicted molar refractivity (Wildman–Crippen MR) is 109 cm³/mol. The molecule has 0 saturated carbocycles. The summed E-state index contributed by atoms with van der Waals surface area (Å²) in [6, 6.07) is 8.03. The highest BCUT2D eigenvalue weighted by Gasteiger charge is 2.31. The zero-order chi connectivity index (χ0) is 19.4. The molecule has 9 heteroatoms. The van der Waals surface area contributed by atoms with Gasteiger partial charge in [-0.05, 0) is 44.5 Å². The second kappa shape index (κ2) is 8.08. The first-order chi connectivity index (χ1) is 12.9. The Morgan fingerprint density at radius 2 is 1.89 bits per heavy atom. The molecule has 2 heterocycles. The quantitative estimate of drug-likeness (QED) is 0.768. The average Bonchev–Trinajstić information content (AvgIpc) is 3.03. The highest BCUT2D eigenvalue weighted by Crippen LogP contribution is 2.23. The van der Waals surface area contributed by atoms with Crippen LogP contribution in [0, 0.1) is 0 Å². The average molecular weight is 391 g/mol. The standard InChI is InChI=1S/C18H26N6O2S/c1-4-24(5-2)15-8-6-14(7-9-15)20-17-12-19-22-18(21-17)23(3)16-10-11-27(25,26)13-16/h6-9,12,16H,4-5,10-11,13H2,1-3H3,(H,20,21,22). The summed E-state index contributed by atoms with van der Waals surface area (Å²) in [4.78, 5) is 8.56. The molecule has 2 aromatic rings. The van der Waals surface area contributed by atoms with Crippen LogP contribution in [0.3, 0.4) is 0 Å². The van der Waals surface area contributed by atoms with Crippen molar-refractivity contribution in [2.75, 3.05) is 46.8 Å². The molecule has 8 nitrogen and oxygen atoms in total. The van der Waals surface area contributed by atoms with Crippen molar-refractivity contribution in [3.05, 3.63) is 30.5 Å². The number of hydrogen-bond acceptors (Lipinski definition) is 8. The van der Waals surface area contributed by atoms with E-state index in [-0.39, 0.29) is 17.5 Å². The van der Waals surface area contributed by atoms with E-state index in [4.69, 9.17) is 0 Å². The zero-order valence-electron chi connectivity index (χ0n) is 16.0. The summed E-state index contributed by atoms with van der Waals surface area (Å²) in [5.74, 6) is 1.34. The second-order valence-electron chi connectivity index (χ2n) is 6.65. The van der Waals surface area contributed by atoms with Crippen LogP contribution in [0.2, 0.25) is 0 Å². The van der Waals surface area contributed by atoms with Crippen molar-refractivity contribution < 1.29 is 8.42 Å². The van der Waals surface area contributed by atoms with Crippen LogP contribution in [0.4, 0.5) is 23.1 Å². The smallest absolute Gasteiger partial charge is 0.247 e. The van der Waals surface area contributed by atoms with E-state index < -0.39 is 9.84 Å². The second-order valence-corrected chi connectivity index (χ2v) is 8.88. The Balaban J connectivity index is 1.70. The fourth-order valence-electron chi connectivity index (χ4n) is 3.24. The van der Waals surface area contributed by atoms with Gasteiger partial charge in [0.05, 0.1) is 17.7 Å². The van der Waals surface area contributed by atoms with E-state index in [2.05, 4.69) is 51.4 Å². The molecule has 1 fully saturated rings. The first kappa shape index (κ1) is 19.3. The van der Waals surface area contributed by atoms with E-state index in [0.29, 0.717) is 18.2 Å². The molecule has 146 valence electrons. The van der Waals surface area contributed by atoms with Gasteiger partial charge in [0, 0.05) is 37.6 Å². The maximum Gasteiger partial charge on any atom is 0.247 e. The van der Waals surface area contributed by atoms with Gasteiger partial charge in [0.15, 0.2) is 15.7 Å².